The number of H-pyrrole nitrogens is 2. The second kappa shape index (κ2) is 8.73. The highest BCUT2D eigenvalue weighted by molar-refractivity contribution is 6.00. The van der Waals surface area contributed by atoms with Gasteiger partial charge in [-0.1, -0.05) is 19.1 Å². The van der Waals surface area contributed by atoms with E-state index in [2.05, 4.69) is 54.5 Å². The Labute approximate surface area is 200 Å². The molecule has 6 aromatic rings. The van der Waals surface area contributed by atoms with E-state index in [1.54, 1.807) is 18.5 Å². The van der Waals surface area contributed by atoms with Crippen LogP contribution in [0.2, 0.25) is 0 Å². The number of hydrogen-bond acceptors (Lipinski definition) is 5. The van der Waals surface area contributed by atoms with E-state index in [1.165, 1.54) is 12.1 Å². The van der Waals surface area contributed by atoms with E-state index in [-0.39, 0.29) is 5.82 Å². The molecule has 0 aliphatic heterocycles. The number of aromatic nitrogens is 6. The van der Waals surface area contributed by atoms with Crippen molar-refractivity contribution in [1.29, 1.82) is 0 Å². The van der Waals surface area contributed by atoms with E-state index in [9.17, 15) is 4.39 Å². The van der Waals surface area contributed by atoms with E-state index >= 15 is 0 Å². The third kappa shape index (κ3) is 3.94. The molecule has 35 heavy (non-hydrogen) atoms. The normalized spacial score (nSPS) is 11.5. The molecule has 172 valence electrons. The fraction of sp³-hybridized carbons (Fsp3) is 0.111. The van der Waals surface area contributed by atoms with E-state index in [1.807, 2.05) is 30.7 Å². The maximum absolute atomic E-state index is 13.9. The number of benzene rings is 1. The average molecular weight is 464 g/mol. The molecule has 0 spiro atoms. The molecule has 0 unspecified atom stereocenters. The van der Waals surface area contributed by atoms with Crippen LogP contribution in [0.25, 0.3) is 55.6 Å². The average Bonchev–Trinajstić information content (AvgIpc) is 3.51. The highest BCUT2D eigenvalue weighted by Gasteiger charge is 2.15. The third-order valence-corrected chi connectivity index (χ3v) is 6.06. The first-order valence-electron chi connectivity index (χ1n) is 11.4. The summed E-state index contributed by atoms with van der Waals surface area (Å²) in [5.41, 5.74) is 7.83. The van der Waals surface area contributed by atoms with Crippen LogP contribution in [0.5, 0.6) is 0 Å². The number of fused-ring (bicyclic) bond motifs is 2. The molecule has 0 saturated heterocycles. The summed E-state index contributed by atoms with van der Waals surface area (Å²) in [5, 5.41) is 12.7. The molecule has 8 heteroatoms. The van der Waals surface area contributed by atoms with Crippen LogP contribution in [0, 0.1) is 5.82 Å². The lowest BCUT2D eigenvalue weighted by Crippen LogP contribution is -2.11. The quantitative estimate of drug-likeness (QED) is 0.304. The van der Waals surface area contributed by atoms with Gasteiger partial charge in [0.1, 0.15) is 11.5 Å². The Kier molecular flexibility index (Phi) is 5.27. The molecule has 0 aliphatic carbocycles. The first kappa shape index (κ1) is 21.1. The van der Waals surface area contributed by atoms with Gasteiger partial charge in [0.25, 0.3) is 0 Å². The zero-order valence-electron chi connectivity index (χ0n) is 19.0. The van der Waals surface area contributed by atoms with E-state index in [0.717, 1.165) is 68.6 Å². The lowest BCUT2D eigenvalue weighted by molar-refractivity contribution is 0.628. The Balaban J connectivity index is 1.44. The Morgan fingerprint density at radius 3 is 2.66 bits per heavy atom. The summed E-state index contributed by atoms with van der Waals surface area (Å²) >= 11 is 0. The van der Waals surface area contributed by atoms with Crippen LogP contribution < -0.4 is 5.32 Å². The van der Waals surface area contributed by atoms with Crippen LogP contribution in [0.15, 0.2) is 73.4 Å². The van der Waals surface area contributed by atoms with Gasteiger partial charge < -0.3 is 10.3 Å². The van der Waals surface area contributed by atoms with E-state index in [0.29, 0.717) is 5.65 Å². The Hall–Kier alpha value is -4.43. The first-order chi connectivity index (χ1) is 17.2. The van der Waals surface area contributed by atoms with Crippen LogP contribution in [0.1, 0.15) is 12.5 Å². The highest BCUT2D eigenvalue weighted by atomic mass is 19.1. The van der Waals surface area contributed by atoms with E-state index in [4.69, 9.17) is 0 Å². The Morgan fingerprint density at radius 2 is 1.77 bits per heavy atom. The molecule has 0 amide bonds. The number of halogens is 1. The number of aromatic amines is 2. The Morgan fingerprint density at radius 1 is 0.886 bits per heavy atom. The number of pyridine rings is 3. The SMILES string of the molecule is CCNCc1cncc(-c2cnc3[nH]nc(-c4cc5c(-c6cccc(F)c6)cncc5[nH]4)c3c2)c1. The van der Waals surface area contributed by atoms with Crippen LogP contribution in [-0.4, -0.2) is 36.7 Å². The molecule has 0 fully saturated rings. The van der Waals surface area contributed by atoms with Gasteiger partial charge >= 0.3 is 0 Å². The molecule has 5 aromatic heterocycles. The zero-order valence-corrected chi connectivity index (χ0v) is 19.0. The first-order valence-corrected chi connectivity index (χ1v) is 11.4. The Bertz CT molecular complexity index is 1670. The molecular formula is C27H22FN7. The zero-order chi connectivity index (χ0) is 23.8. The second-order valence-electron chi connectivity index (χ2n) is 8.40. The summed E-state index contributed by atoms with van der Waals surface area (Å²) in [6, 6.07) is 12.8. The lowest BCUT2D eigenvalue weighted by atomic mass is 10.0. The minimum Gasteiger partial charge on any atom is -0.352 e. The predicted molar refractivity (Wildman–Crippen MR) is 135 cm³/mol. The van der Waals surface area contributed by atoms with Crippen molar-refractivity contribution in [2.45, 2.75) is 13.5 Å². The van der Waals surface area contributed by atoms with Crippen molar-refractivity contribution in [3.05, 3.63) is 84.8 Å². The standard InChI is InChI=1S/C27H22FN7/c1-2-29-10-16-6-18(12-30-11-16)19-8-22-26(34-35-27(22)32-13-19)24-9-21-23(14-31-15-25(21)33-24)17-4-3-5-20(28)7-17/h3-9,11-15,29,33H,2,10H2,1H3,(H,32,34,35). The van der Waals surface area contributed by atoms with Crippen molar-refractivity contribution >= 4 is 21.9 Å². The summed E-state index contributed by atoms with van der Waals surface area (Å²) in [7, 11) is 0. The minimum absolute atomic E-state index is 0.281. The molecule has 0 aliphatic rings. The number of nitrogens with one attached hydrogen (secondary N) is 3. The van der Waals surface area contributed by atoms with Gasteiger partial charge in [-0.15, -0.1) is 0 Å². The summed E-state index contributed by atoms with van der Waals surface area (Å²) in [4.78, 5) is 16.8. The van der Waals surface area contributed by atoms with Gasteiger partial charge in [-0.2, -0.15) is 5.10 Å². The molecule has 1 aromatic carbocycles. The topological polar surface area (TPSA) is 95.2 Å². The van der Waals surface area contributed by atoms with Crippen molar-refractivity contribution < 1.29 is 4.39 Å². The molecule has 0 saturated carbocycles. The maximum Gasteiger partial charge on any atom is 0.155 e. The molecule has 0 radical (unpaired) electrons. The van der Waals surface area contributed by atoms with Gasteiger partial charge in [0.2, 0.25) is 0 Å². The van der Waals surface area contributed by atoms with Crippen molar-refractivity contribution in [3.8, 4) is 33.6 Å². The molecule has 5 heterocycles. The van der Waals surface area contributed by atoms with Gasteiger partial charge in [-0.25, -0.2) is 9.37 Å². The van der Waals surface area contributed by atoms with Gasteiger partial charge in [0.05, 0.1) is 17.4 Å². The summed E-state index contributed by atoms with van der Waals surface area (Å²) in [5.74, 6) is -0.281. The minimum atomic E-state index is -0.281. The number of nitrogens with zero attached hydrogens (tertiary/aromatic N) is 4. The van der Waals surface area contributed by atoms with Crippen LogP contribution in [-0.2, 0) is 6.54 Å². The van der Waals surface area contributed by atoms with Gasteiger partial charge in [-0.05, 0) is 48.0 Å². The van der Waals surface area contributed by atoms with Crippen molar-refractivity contribution in [2.24, 2.45) is 0 Å². The van der Waals surface area contributed by atoms with Crippen LogP contribution in [0.4, 0.5) is 4.39 Å². The number of rotatable bonds is 6. The fourth-order valence-corrected chi connectivity index (χ4v) is 4.34. The van der Waals surface area contributed by atoms with Crippen molar-refractivity contribution in [2.75, 3.05) is 6.54 Å². The molecule has 3 N–H and O–H groups in total. The predicted octanol–water partition coefficient (Wildman–Crippen LogP) is 5.48. The smallest absolute Gasteiger partial charge is 0.155 e. The van der Waals surface area contributed by atoms with Crippen LogP contribution in [0.3, 0.4) is 0 Å². The molecule has 0 atom stereocenters. The fourth-order valence-electron chi connectivity index (χ4n) is 4.34. The van der Waals surface area contributed by atoms with Gasteiger partial charge in [-0.3, -0.25) is 15.1 Å². The molecule has 7 nitrogen and oxygen atoms in total. The van der Waals surface area contributed by atoms with Crippen molar-refractivity contribution in [1.82, 2.24) is 35.5 Å². The summed E-state index contributed by atoms with van der Waals surface area (Å²) in [6.07, 6.45) is 9.07. The monoisotopic (exact) mass is 463 g/mol. The summed E-state index contributed by atoms with van der Waals surface area (Å²) < 4.78 is 13.9. The third-order valence-electron chi connectivity index (χ3n) is 6.06. The molecular weight excluding hydrogens is 441 g/mol. The molecule has 6 rings (SSSR count). The van der Waals surface area contributed by atoms with Gasteiger partial charge in [0, 0.05) is 58.8 Å². The van der Waals surface area contributed by atoms with Crippen molar-refractivity contribution in [3.63, 3.8) is 0 Å². The van der Waals surface area contributed by atoms with Crippen LogP contribution >= 0.6 is 0 Å². The largest absolute Gasteiger partial charge is 0.352 e. The molecule has 0 bridgehead atoms. The summed E-state index contributed by atoms with van der Waals surface area (Å²) in [6.45, 7) is 3.74. The number of hydrogen-bond donors (Lipinski definition) is 3. The lowest BCUT2D eigenvalue weighted by Gasteiger charge is -2.06. The highest BCUT2D eigenvalue weighted by Crippen LogP contribution is 2.34. The van der Waals surface area contributed by atoms with E-state index < -0.39 is 0 Å². The maximum atomic E-state index is 13.9. The second-order valence-corrected chi connectivity index (χ2v) is 8.40. The van der Waals surface area contributed by atoms with Gasteiger partial charge in [0.15, 0.2) is 5.65 Å².